The van der Waals surface area contributed by atoms with E-state index < -0.39 is 5.97 Å². The maximum absolute atomic E-state index is 11.7. The van der Waals surface area contributed by atoms with E-state index in [1.165, 1.54) is 11.1 Å². The van der Waals surface area contributed by atoms with Crippen molar-refractivity contribution >= 4 is 28.9 Å². The van der Waals surface area contributed by atoms with Crippen LogP contribution >= 0.6 is 11.3 Å². The molecule has 0 bridgehead atoms. The van der Waals surface area contributed by atoms with E-state index in [2.05, 4.69) is 10.3 Å². The molecule has 0 aliphatic carbocycles. The normalized spacial score (nSPS) is 10.2. The summed E-state index contributed by atoms with van der Waals surface area (Å²) in [6.07, 6.45) is 2.49. The number of aromatic nitrogens is 1. The molecule has 20 heavy (non-hydrogen) atoms. The molecule has 0 aliphatic heterocycles. The van der Waals surface area contributed by atoms with Gasteiger partial charge in [0.1, 0.15) is 0 Å². The second-order valence-corrected chi connectivity index (χ2v) is 5.27. The van der Waals surface area contributed by atoms with Gasteiger partial charge >= 0.3 is 5.97 Å². The van der Waals surface area contributed by atoms with Crippen molar-refractivity contribution in [2.45, 2.75) is 19.3 Å². The fourth-order valence-electron chi connectivity index (χ4n) is 1.67. The van der Waals surface area contributed by atoms with Crippen LogP contribution in [0.2, 0.25) is 0 Å². The molecule has 0 spiro atoms. The van der Waals surface area contributed by atoms with Gasteiger partial charge in [-0.3, -0.25) is 14.6 Å². The molecule has 0 radical (unpaired) electrons. The highest BCUT2D eigenvalue weighted by molar-refractivity contribution is 7.09. The lowest BCUT2D eigenvalue weighted by Crippen LogP contribution is -2.12. The highest BCUT2D eigenvalue weighted by Crippen LogP contribution is 2.12. The number of aryl methyl sites for hydroxylation is 1. The number of amides is 1. The number of carboxylic acids is 1. The maximum Gasteiger partial charge on any atom is 0.309 e. The molecule has 0 saturated carbocycles. The van der Waals surface area contributed by atoms with Gasteiger partial charge < -0.3 is 10.4 Å². The van der Waals surface area contributed by atoms with Gasteiger partial charge in [-0.1, -0.05) is 6.07 Å². The topological polar surface area (TPSA) is 79.3 Å². The number of hydrogen-bond acceptors (Lipinski definition) is 4. The number of pyridine rings is 1. The van der Waals surface area contributed by atoms with Gasteiger partial charge in [0.2, 0.25) is 5.91 Å². The van der Waals surface area contributed by atoms with E-state index in [1.807, 2.05) is 17.5 Å². The first-order chi connectivity index (χ1) is 9.63. The van der Waals surface area contributed by atoms with Gasteiger partial charge in [0, 0.05) is 11.3 Å². The first-order valence-corrected chi connectivity index (χ1v) is 7.00. The summed E-state index contributed by atoms with van der Waals surface area (Å²) in [6, 6.07) is 7.22. The maximum atomic E-state index is 11.7. The average Bonchev–Trinajstić information content (AvgIpc) is 2.91. The van der Waals surface area contributed by atoms with E-state index >= 15 is 0 Å². The van der Waals surface area contributed by atoms with Crippen LogP contribution in [0.25, 0.3) is 0 Å². The summed E-state index contributed by atoms with van der Waals surface area (Å²) in [5.74, 6) is -1.00. The number of carboxylic acid groups (broad SMARTS) is 1. The molecule has 6 heteroatoms. The molecule has 2 aromatic rings. The molecular formula is C14H14N2O3S. The van der Waals surface area contributed by atoms with Gasteiger partial charge in [-0.15, -0.1) is 11.3 Å². The number of nitrogens with one attached hydrogen (secondary N) is 1. The summed E-state index contributed by atoms with van der Waals surface area (Å²) in [4.78, 5) is 27.4. The molecule has 0 unspecified atom stereocenters. The minimum absolute atomic E-state index is 0.0776. The fourth-order valence-corrected chi connectivity index (χ4v) is 2.38. The lowest BCUT2D eigenvalue weighted by molar-refractivity contribution is -0.136. The van der Waals surface area contributed by atoms with Crippen molar-refractivity contribution in [1.82, 2.24) is 4.98 Å². The van der Waals surface area contributed by atoms with E-state index in [4.69, 9.17) is 5.11 Å². The number of carbonyl (C=O) groups is 2. The van der Waals surface area contributed by atoms with E-state index in [9.17, 15) is 9.59 Å². The molecular weight excluding hydrogens is 276 g/mol. The molecule has 104 valence electrons. The van der Waals surface area contributed by atoms with Crippen molar-refractivity contribution in [3.63, 3.8) is 0 Å². The number of nitrogens with zero attached hydrogens (tertiary/aromatic N) is 1. The standard InChI is InChI=1S/C14H14N2O3S/c17-13(6-5-12-2-1-7-20-12)16-11-4-3-10(15-9-11)8-14(18)19/h1-4,7,9H,5-6,8H2,(H,16,17)(H,18,19). The monoisotopic (exact) mass is 290 g/mol. The Morgan fingerprint density at radius 2 is 2.15 bits per heavy atom. The van der Waals surface area contributed by atoms with Crippen LogP contribution in [0.5, 0.6) is 0 Å². The van der Waals surface area contributed by atoms with Crippen LogP contribution in [-0.4, -0.2) is 22.0 Å². The average molecular weight is 290 g/mol. The zero-order chi connectivity index (χ0) is 14.4. The van der Waals surface area contributed by atoms with Crippen LogP contribution < -0.4 is 5.32 Å². The molecule has 2 heterocycles. The molecule has 0 saturated heterocycles. The Morgan fingerprint density at radius 1 is 1.30 bits per heavy atom. The lowest BCUT2D eigenvalue weighted by Gasteiger charge is -2.05. The van der Waals surface area contributed by atoms with Crippen LogP contribution in [0.1, 0.15) is 17.0 Å². The van der Waals surface area contributed by atoms with Crippen molar-refractivity contribution in [3.8, 4) is 0 Å². The van der Waals surface area contributed by atoms with Crippen molar-refractivity contribution in [1.29, 1.82) is 0 Å². The van der Waals surface area contributed by atoms with E-state index in [0.717, 1.165) is 0 Å². The van der Waals surface area contributed by atoms with Crippen LogP contribution in [0.15, 0.2) is 35.8 Å². The predicted molar refractivity (Wildman–Crippen MR) is 76.8 cm³/mol. The summed E-state index contributed by atoms with van der Waals surface area (Å²) in [6.45, 7) is 0. The predicted octanol–water partition coefficient (Wildman–Crippen LogP) is 2.34. The Balaban J connectivity index is 1.83. The molecule has 0 aliphatic rings. The fraction of sp³-hybridized carbons (Fsp3) is 0.214. The summed E-state index contributed by atoms with van der Waals surface area (Å²) < 4.78 is 0. The third kappa shape index (κ3) is 4.47. The van der Waals surface area contributed by atoms with Crippen LogP contribution in [-0.2, 0) is 22.4 Å². The number of aliphatic carboxylic acids is 1. The molecule has 5 nitrogen and oxygen atoms in total. The SMILES string of the molecule is O=C(O)Cc1ccc(NC(=O)CCc2cccs2)cn1. The first kappa shape index (κ1) is 14.2. The molecule has 0 fully saturated rings. The molecule has 2 aromatic heterocycles. The summed E-state index contributed by atoms with van der Waals surface area (Å²) in [7, 11) is 0. The number of rotatable bonds is 6. The molecule has 0 aromatic carbocycles. The van der Waals surface area contributed by atoms with Crippen molar-refractivity contribution < 1.29 is 14.7 Å². The minimum Gasteiger partial charge on any atom is -0.481 e. The number of carbonyl (C=O) groups excluding carboxylic acids is 1. The van der Waals surface area contributed by atoms with Crippen molar-refractivity contribution in [2.24, 2.45) is 0 Å². The van der Waals surface area contributed by atoms with E-state index in [0.29, 0.717) is 24.2 Å². The smallest absolute Gasteiger partial charge is 0.309 e. The molecule has 2 N–H and O–H groups in total. The van der Waals surface area contributed by atoms with Crippen LogP contribution in [0.4, 0.5) is 5.69 Å². The minimum atomic E-state index is -0.926. The lowest BCUT2D eigenvalue weighted by atomic mass is 10.2. The van der Waals surface area contributed by atoms with Gasteiger partial charge in [-0.2, -0.15) is 0 Å². The Hall–Kier alpha value is -2.21. The highest BCUT2D eigenvalue weighted by Gasteiger charge is 2.05. The third-order valence-electron chi connectivity index (χ3n) is 2.62. The molecule has 1 amide bonds. The van der Waals surface area contributed by atoms with Gasteiger partial charge in [0.25, 0.3) is 0 Å². The second-order valence-electron chi connectivity index (χ2n) is 4.24. The second kappa shape index (κ2) is 6.81. The number of anilines is 1. The quantitative estimate of drug-likeness (QED) is 0.856. The van der Waals surface area contributed by atoms with Crippen LogP contribution in [0.3, 0.4) is 0 Å². The van der Waals surface area contributed by atoms with E-state index in [1.54, 1.807) is 23.5 Å². The summed E-state index contributed by atoms with van der Waals surface area (Å²) in [5.41, 5.74) is 1.05. The van der Waals surface area contributed by atoms with Gasteiger partial charge in [0.05, 0.1) is 24.0 Å². The zero-order valence-electron chi connectivity index (χ0n) is 10.7. The highest BCUT2D eigenvalue weighted by atomic mass is 32.1. The van der Waals surface area contributed by atoms with Gasteiger partial charge in [-0.05, 0) is 30.0 Å². The summed E-state index contributed by atoms with van der Waals surface area (Å²) in [5, 5.41) is 13.4. The zero-order valence-corrected chi connectivity index (χ0v) is 11.5. The number of thiophene rings is 1. The third-order valence-corrected chi connectivity index (χ3v) is 3.56. The Bertz CT molecular complexity index is 579. The van der Waals surface area contributed by atoms with E-state index in [-0.39, 0.29) is 12.3 Å². The number of hydrogen-bond donors (Lipinski definition) is 2. The van der Waals surface area contributed by atoms with Crippen molar-refractivity contribution in [3.05, 3.63) is 46.4 Å². The Morgan fingerprint density at radius 3 is 2.75 bits per heavy atom. The first-order valence-electron chi connectivity index (χ1n) is 6.12. The van der Waals surface area contributed by atoms with Crippen molar-refractivity contribution in [2.75, 3.05) is 5.32 Å². The van der Waals surface area contributed by atoms with Gasteiger partial charge in [-0.25, -0.2) is 0 Å². The molecule has 2 rings (SSSR count). The van der Waals surface area contributed by atoms with Gasteiger partial charge in [0.15, 0.2) is 0 Å². The molecule has 0 atom stereocenters. The largest absolute Gasteiger partial charge is 0.481 e. The summed E-state index contributed by atoms with van der Waals surface area (Å²) >= 11 is 1.63. The van der Waals surface area contributed by atoms with Crippen LogP contribution in [0, 0.1) is 0 Å². The Kier molecular flexibility index (Phi) is 4.84. The Labute approximate surface area is 120 Å².